The van der Waals surface area contributed by atoms with E-state index >= 15 is 0 Å². The van der Waals surface area contributed by atoms with Crippen molar-refractivity contribution < 1.29 is 24.3 Å². The van der Waals surface area contributed by atoms with Gasteiger partial charge in [0.2, 0.25) is 0 Å². The summed E-state index contributed by atoms with van der Waals surface area (Å²) >= 11 is 0. The largest absolute Gasteiger partial charge is 0.494 e. The Balaban J connectivity index is 2.80. The minimum absolute atomic E-state index is 0.0171. The minimum Gasteiger partial charge on any atom is -0.494 e. The van der Waals surface area contributed by atoms with Crippen molar-refractivity contribution >= 4 is 31.0 Å². The Bertz CT molecular complexity index is 625. The highest BCUT2D eigenvalue weighted by Crippen LogP contribution is 2.13. The number of rotatable bonds is 4. The molecule has 0 aromatic carbocycles. The predicted octanol–water partition coefficient (Wildman–Crippen LogP) is -0.402. The molecule has 2 N–H and O–H groups in total. The van der Waals surface area contributed by atoms with Gasteiger partial charge in [0, 0.05) is 6.20 Å². The van der Waals surface area contributed by atoms with Gasteiger partial charge in [-0.1, -0.05) is 10.6 Å². The fraction of sp³-hybridized carbons (Fsp3) is 0.429. The molecule has 0 spiro atoms. The zero-order chi connectivity index (χ0) is 17.6. The highest BCUT2D eigenvalue weighted by atomic mass is 16.6. The smallest absolute Gasteiger partial charge is 0.314 e. The number of esters is 1. The van der Waals surface area contributed by atoms with E-state index in [9.17, 15) is 9.59 Å². The van der Waals surface area contributed by atoms with Gasteiger partial charge in [-0.2, -0.15) is 0 Å². The number of amidine groups is 1. The molecule has 8 nitrogen and oxygen atoms in total. The molecule has 0 bridgehead atoms. The van der Waals surface area contributed by atoms with Crippen LogP contribution >= 0.6 is 0 Å². The minimum atomic E-state index is -0.677. The van der Waals surface area contributed by atoms with Crippen molar-refractivity contribution in [2.45, 2.75) is 32.8 Å². The summed E-state index contributed by atoms with van der Waals surface area (Å²) in [5.41, 5.74) is 0.162. The Morgan fingerprint density at radius 2 is 2.09 bits per heavy atom. The highest BCUT2D eigenvalue weighted by Gasteiger charge is 2.21. The third-order valence-corrected chi connectivity index (χ3v) is 2.53. The monoisotopic (exact) mass is 321 g/mol. The first-order valence-corrected chi connectivity index (χ1v) is 6.91. The number of nitrogens with one attached hydrogen (secondary N) is 1. The molecule has 1 amide bonds. The molecule has 23 heavy (non-hydrogen) atoms. The fourth-order valence-electron chi connectivity index (χ4n) is 1.68. The molecule has 1 heterocycles. The van der Waals surface area contributed by atoms with Crippen molar-refractivity contribution in [2.75, 3.05) is 7.11 Å². The van der Waals surface area contributed by atoms with E-state index in [1.807, 2.05) is 0 Å². The van der Waals surface area contributed by atoms with E-state index in [0.29, 0.717) is 0 Å². The molecule has 0 radical (unpaired) electrons. The molecule has 0 aliphatic heterocycles. The summed E-state index contributed by atoms with van der Waals surface area (Å²) in [6, 6.07) is 1.64. The Morgan fingerprint density at radius 3 is 2.61 bits per heavy atom. The van der Waals surface area contributed by atoms with Crippen molar-refractivity contribution in [3.63, 3.8) is 0 Å². The second-order valence-electron chi connectivity index (χ2n) is 5.83. The summed E-state index contributed by atoms with van der Waals surface area (Å²) in [5, 5.41) is 14.2. The lowest BCUT2D eigenvalue weighted by Gasteiger charge is -2.19. The quantitative estimate of drug-likeness (QED) is 0.195. The van der Waals surface area contributed by atoms with Gasteiger partial charge < -0.3 is 20.0 Å². The zero-order valence-electron chi connectivity index (χ0n) is 13.8. The van der Waals surface area contributed by atoms with Crippen LogP contribution in [0, 0.1) is 0 Å². The van der Waals surface area contributed by atoms with Gasteiger partial charge in [0.25, 0.3) is 5.91 Å². The molecule has 1 rings (SSSR count). The number of methoxy groups -OCH3 is 1. The van der Waals surface area contributed by atoms with Crippen LogP contribution < -0.4 is 15.5 Å². The number of hydrogen-bond donors (Lipinski definition) is 2. The predicted molar refractivity (Wildman–Crippen MR) is 86.1 cm³/mol. The van der Waals surface area contributed by atoms with E-state index < -0.39 is 17.5 Å². The maximum atomic E-state index is 12.2. The molecule has 9 heteroatoms. The van der Waals surface area contributed by atoms with E-state index in [1.54, 1.807) is 34.7 Å². The third-order valence-electron chi connectivity index (χ3n) is 2.53. The first-order chi connectivity index (χ1) is 10.7. The average molecular weight is 321 g/mol. The lowest BCUT2D eigenvalue weighted by atomic mass is 9.98. The van der Waals surface area contributed by atoms with Crippen LogP contribution in [0.15, 0.2) is 17.4 Å². The van der Waals surface area contributed by atoms with Crippen molar-refractivity contribution in [1.29, 1.82) is 0 Å². The number of amides is 1. The Morgan fingerprint density at radius 1 is 1.43 bits per heavy atom. The van der Waals surface area contributed by atoms with E-state index in [1.165, 1.54) is 13.3 Å². The molecule has 0 aliphatic rings. The SMILES string of the molecule is Bc1cnc(C(=O)N/C(CC(=O)OC(C)(C)C)=N\O)c(OC)c1. The molecule has 0 atom stereocenters. The van der Waals surface area contributed by atoms with Crippen LogP contribution in [0.3, 0.4) is 0 Å². The zero-order valence-corrected chi connectivity index (χ0v) is 13.8. The first-order valence-electron chi connectivity index (χ1n) is 6.91. The van der Waals surface area contributed by atoms with E-state index in [0.717, 1.165) is 5.46 Å². The number of carbonyl (C=O) groups excluding carboxylic acids is 2. The first kappa shape index (κ1) is 18.5. The second kappa shape index (κ2) is 7.62. The van der Waals surface area contributed by atoms with Crippen LogP contribution in [0.25, 0.3) is 0 Å². The Hall–Kier alpha value is -2.58. The van der Waals surface area contributed by atoms with Crippen molar-refractivity contribution in [3.05, 3.63) is 18.0 Å². The molecule has 0 unspecified atom stereocenters. The Labute approximate surface area is 135 Å². The number of hydrogen-bond acceptors (Lipinski definition) is 7. The molecule has 0 saturated heterocycles. The second-order valence-corrected chi connectivity index (χ2v) is 5.83. The lowest BCUT2D eigenvalue weighted by molar-refractivity contribution is -0.153. The van der Waals surface area contributed by atoms with Gasteiger partial charge in [0.1, 0.15) is 25.6 Å². The van der Waals surface area contributed by atoms with Crippen LogP contribution in [0.4, 0.5) is 0 Å². The number of oxime groups is 1. The summed E-state index contributed by atoms with van der Waals surface area (Å²) in [6.07, 6.45) is 1.12. The number of pyridine rings is 1. The van der Waals surface area contributed by atoms with Gasteiger partial charge in [-0.15, -0.1) is 0 Å². The molecule has 0 saturated carbocycles. The molecule has 1 aromatic rings. The normalized spacial score (nSPS) is 11.7. The molecule has 1 aromatic heterocycles. The number of nitrogens with zero attached hydrogens (tertiary/aromatic N) is 2. The van der Waals surface area contributed by atoms with Crippen LogP contribution in [-0.4, -0.2) is 48.5 Å². The summed E-state index contributed by atoms with van der Waals surface area (Å²) in [7, 11) is 3.22. The van der Waals surface area contributed by atoms with Crippen molar-refractivity contribution in [2.24, 2.45) is 5.16 Å². The van der Waals surface area contributed by atoms with Gasteiger partial charge >= 0.3 is 5.97 Å². The summed E-state index contributed by atoms with van der Waals surface area (Å²) in [6.45, 7) is 5.13. The molecule has 124 valence electrons. The van der Waals surface area contributed by atoms with Crippen molar-refractivity contribution in [3.8, 4) is 5.75 Å². The van der Waals surface area contributed by atoms with Gasteiger partial charge in [-0.3, -0.25) is 9.59 Å². The average Bonchev–Trinajstić information content (AvgIpc) is 2.44. The number of aromatic nitrogens is 1. The van der Waals surface area contributed by atoms with Crippen LogP contribution in [0.5, 0.6) is 5.75 Å². The maximum Gasteiger partial charge on any atom is 0.314 e. The lowest BCUT2D eigenvalue weighted by Crippen LogP contribution is -2.35. The van der Waals surface area contributed by atoms with Gasteiger partial charge in [0.05, 0.1) is 7.11 Å². The fourth-order valence-corrected chi connectivity index (χ4v) is 1.68. The van der Waals surface area contributed by atoms with Crippen LogP contribution in [0.2, 0.25) is 0 Å². The summed E-state index contributed by atoms with van der Waals surface area (Å²) in [5.74, 6) is -1.25. The van der Waals surface area contributed by atoms with Crippen LogP contribution in [-0.2, 0) is 9.53 Å². The number of ether oxygens (including phenoxy) is 2. The molecular formula is C14H20BN3O5. The van der Waals surface area contributed by atoms with Crippen LogP contribution in [0.1, 0.15) is 37.7 Å². The summed E-state index contributed by atoms with van der Waals surface area (Å²) < 4.78 is 10.2. The van der Waals surface area contributed by atoms with E-state index in [4.69, 9.17) is 14.7 Å². The van der Waals surface area contributed by atoms with E-state index in [2.05, 4.69) is 15.5 Å². The molecule has 0 aliphatic carbocycles. The number of carbonyl (C=O) groups is 2. The van der Waals surface area contributed by atoms with Gasteiger partial charge in [-0.25, -0.2) is 4.98 Å². The Kier molecular flexibility index (Phi) is 6.12. The standard InChI is InChI=1S/C14H20BN3O5/c1-14(2,3)23-11(19)6-10(18-21)17-13(20)12-9(22-4)5-8(15)7-16-12/h5,7,21H,6,15H2,1-4H3,(H,17,18,20). The van der Waals surface area contributed by atoms with E-state index in [-0.39, 0.29) is 23.7 Å². The van der Waals surface area contributed by atoms with Gasteiger partial charge in [-0.05, 0) is 26.8 Å². The van der Waals surface area contributed by atoms with Gasteiger partial charge in [0.15, 0.2) is 11.5 Å². The molecular weight excluding hydrogens is 301 g/mol. The maximum absolute atomic E-state index is 12.2. The molecule has 0 fully saturated rings. The third kappa shape index (κ3) is 5.97. The summed E-state index contributed by atoms with van der Waals surface area (Å²) in [4.78, 5) is 27.9. The topological polar surface area (TPSA) is 110 Å². The van der Waals surface area contributed by atoms with Crippen molar-refractivity contribution in [1.82, 2.24) is 10.3 Å². The highest BCUT2D eigenvalue weighted by molar-refractivity contribution is 6.32.